The minimum atomic E-state index is -0.454. The molecule has 0 amide bonds. The Morgan fingerprint density at radius 3 is 1.66 bits per heavy atom. The zero-order chi connectivity index (χ0) is 42.0. The number of rotatable bonds is 23. The van der Waals surface area contributed by atoms with Crippen molar-refractivity contribution in [2.75, 3.05) is 13.7 Å². The number of methoxy groups -OCH3 is 1. The van der Waals surface area contributed by atoms with Crippen LogP contribution in [0.25, 0.3) is 11.1 Å². The van der Waals surface area contributed by atoms with Gasteiger partial charge in [-0.1, -0.05) is 149 Å². The van der Waals surface area contributed by atoms with Crippen LogP contribution in [0.1, 0.15) is 152 Å². The summed E-state index contributed by atoms with van der Waals surface area (Å²) in [5, 5.41) is 0. The number of hydrogen-bond donors (Lipinski definition) is 0. The van der Waals surface area contributed by atoms with Gasteiger partial charge < -0.3 is 14.2 Å². The molecular weight excluding hydrogens is 697 g/mol. The quantitative estimate of drug-likeness (QED) is 0.0239. The summed E-state index contributed by atoms with van der Waals surface area (Å²) in [5.74, 6) is 2.16. The third-order valence-corrected chi connectivity index (χ3v) is 9.03. The average molecular weight is 769 g/mol. The van der Waals surface area contributed by atoms with Gasteiger partial charge in [0.1, 0.15) is 5.75 Å². The van der Waals surface area contributed by atoms with E-state index in [9.17, 15) is 14.4 Å². The van der Waals surface area contributed by atoms with Crippen LogP contribution in [-0.4, -0.2) is 31.3 Å². The number of ether oxygens (including phenoxy) is 3. The molecule has 0 heterocycles. The van der Waals surface area contributed by atoms with Gasteiger partial charge in [-0.2, -0.15) is 0 Å². The fraction of sp³-hybridized carbons (Fsp3) is 0.460. The van der Waals surface area contributed by atoms with Crippen LogP contribution in [0.2, 0.25) is 0 Å². The van der Waals surface area contributed by atoms with Gasteiger partial charge in [0.25, 0.3) is 0 Å². The van der Waals surface area contributed by atoms with E-state index in [1.165, 1.54) is 96.1 Å². The number of unbranched alkanes of at least 4 members (excludes halogenated alkanes) is 9. The highest BCUT2D eigenvalue weighted by molar-refractivity contribution is 5.98. The zero-order valence-corrected chi connectivity index (χ0v) is 35.8. The van der Waals surface area contributed by atoms with E-state index in [0.29, 0.717) is 29.2 Å². The fourth-order valence-electron chi connectivity index (χ4n) is 5.14. The van der Waals surface area contributed by atoms with Gasteiger partial charge in [-0.15, -0.1) is 6.58 Å². The number of ketones is 2. The van der Waals surface area contributed by atoms with Gasteiger partial charge in [0, 0.05) is 5.56 Å². The van der Waals surface area contributed by atoms with Gasteiger partial charge in [-0.3, -0.25) is 9.59 Å². The summed E-state index contributed by atoms with van der Waals surface area (Å²) in [6.07, 6.45) is 22.5. The Bertz CT molecular complexity index is 1510. The molecule has 3 aromatic carbocycles. The molecule has 0 saturated heterocycles. The zero-order valence-electron chi connectivity index (χ0n) is 35.8. The second kappa shape index (κ2) is 33.6. The topological polar surface area (TPSA) is 78.9 Å². The lowest BCUT2D eigenvalue weighted by molar-refractivity contribution is -0.110. The van der Waals surface area contributed by atoms with Crippen molar-refractivity contribution in [3.63, 3.8) is 0 Å². The maximum atomic E-state index is 12.5. The van der Waals surface area contributed by atoms with Crippen molar-refractivity contribution in [2.24, 2.45) is 5.92 Å². The van der Waals surface area contributed by atoms with Crippen LogP contribution < -0.4 is 14.2 Å². The number of carbonyl (C=O) groups is 3. The summed E-state index contributed by atoms with van der Waals surface area (Å²) in [6.45, 7) is 23.3. The van der Waals surface area contributed by atoms with Crippen molar-refractivity contribution in [3.8, 4) is 28.4 Å². The second-order valence-corrected chi connectivity index (χ2v) is 13.8. The van der Waals surface area contributed by atoms with Crippen LogP contribution in [0.15, 0.2) is 105 Å². The molecule has 0 aliphatic rings. The van der Waals surface area contributed by atoms with E-state index in [1.807, 2.05) is 36.4 Å². The molecule has 0 bridgehead atoms. The predicted molar refractivity (Wildman–Crippen MR) is 237 cm³/mol. The van der Waals surface area contributed by atoms with Gasteiger partial charge in [0.15, 0.2) is 23.1 Å². The van der Waals surface area contributed by atoms with Crippen molar-refractivity contribution < 1.29 is 28.6 Å². The molecular formula is C50H72O6. The first kappa shape index (κ1) is 51.3. The molecule has 6 heteroatoms. The minimum absolute atomic E-state index is 0.0341. The first-order valence-electron chi connectivity index (χ1n) is 20.7. The lowest BCUT2D eigenvalue weighted by Gasteiger charge is -2.13. The Morgan fingerprint density at radius 1 is 0.661 bits per heavy atom. The Kier molecular flexibility index (Phi) is 30.8. The summed E-state index contributed by atoms with van der Waals surface area (Å²) in [7, 11) is 1.64. The molecule has 56 heavy (non-hydrogen) atoms. The molecule has 6 nitrogen and oxygen atoms in total. The smallest absolute Gasteiger partial charge is 0.343 e. The predicted octanol–water partition coefficient (Wildman–Crippen LogP) is 14.4. The highest BCUT2D eigenvalue weighted by Crippen LogP contribution is 2.33. The SMILES string of the molecule is C=CC(=O)C=C.C=CCC.CCCCCC(C)CC.CCCCCCCCCCOc1ccc(-c2ccc(C(=O)Oc3ccc(C(C)=O)cc3)cc2)cc1OC. The molecule has 0 N–H and O–H groups in total. The van der Waals surface area contributed by atoms with Crippen LogP contribution >= 0.6 is 0 Å². The van der Waals surface area contributed by atoms with Crippen LogP contribution in [0.3, 0.4) is 0 Å². The molecule has 1 atom stereocenters. The monoisotopic (exact) mass is 769 g/mol. The molecule has 0 spiro atoms. The maximum Gasteiger partial charge on any atom is 0.343 e. The third kappa shape index (κ3) is 23.9. The third-order valence-electron chi connectivity index (χ3n) is 9.03. The highest BCUT2D eigenvalue weighted by atomic mass is 16.5. The lowest BCUT2D eigenvalue weighted by atomic mass is 10.0. The van der Waals surface area contributed by atoms with Gasteiger partial charge >= 0.3 is 5.97 Å². The summed E-state index contributed by atoms with van der Waals surface area (Å²) < 4.78 is 17.0. The molecule has 0 saturated carbocycles. The molecule has 3 aromatic rings. The van der Waals surface area contributed by atoms with E-state index in [1.54, 1.807) is 43.5 Å². The highest BCUT2D eigenvalue weighted by Gasteiger charge is 2.12. The van der Waals surface area contributed by atoms with E-state index in [2.05, 4.69) is 54.4 Å². The van der Waals surface area contributed by atoms with Crippen LogP contribution in [0.4, 0.5) is 0 Å². The van der Waals surface area contributed by atoms with E-state index in [0.717, 1.165) is 35.6 Å². The fourth-order valence-corrected chi connectivity index (χ4v) is 5.14. The average Bonchev–Trinajstić information content (AvgIpc) is 3.23. The first-order valence-corrected chi connectivity index (χ1v) is 20.7. The van der Waals surface area contributed by atoms with E-state index < -0.39 is 5.97 Å². The number of hydrogen-bond acceptors (Lipinski definition) is 6. The number of allylic oxidation sites excluding steroid dienone is 3. The van der Waals surface area contributed by atoms with Gasteiger partial charge in [0.05, 0.1) is 19.3 Å². The lowest BCUT2D eigenvalue weighted by Crippen LogP contribution is -2.08. The van der Waals surface area contributed by atoms with E-state index in [-0.39, 0.29) is 11.6 Å². The van der Waals surface area contributed by atoms with E-state index in [4.69, 9.17) is 14.2 Å². The standard InChI is InChI=1S/C32H38O5.C9H20.C5H6O.C4H8/c1-4-5-6-7-8-9-10-11-22-36-30-21-18-28(23-31(30)35-3)26-12-14-27(15-13-26)32(34)37-29-19-16-25(17-20-29)24(2)33;1-4-6-7-8-9(3)5-2;1-3-5(6)4-2;1-3-4-2/h12-21,23H,4-11,22H2,1-3H3;9H,4-8H2,1-3H3;3-4H,1-2H2;3H,1,4H2,2H3. The van der Waals surface area contributed by atoms with Crippen LogP contribution in [0, 0.1) is 5.92 Å². The Morgan fingerprint density at radius 2 is 1.18 bits per heavy atom. The first-order chi connectivity index (χ1) is 27.0. The van der Waals surface area contributed by atoms with Crippen molar-refractivity contribution in [3.05, 3.63) is 116 Å². The minimum Gasteiger partial charge on any atom is -0.493 e. The molecule has 0 aliphatic carbocycles. The van der Waals surface area contributed by atoms with Gasteiger partial charge in [0.2, 0.25) is 0 Å². The number of esters is 1. The molecule has 308 valence electrons. The van der Waals surface area contributed by atoms with Crippen molar-refractivity contribution in [1.82, 2.24) is 0 Å². The van der Waals surface area contributed by atoms with Crippen LogP contribution in [0.5, 0.6) is 17.2 Å². The molecule has 0 radical (unpaired) electrons. The Labute approximate surface area is 340 Å². The van der Waals surface area contributed by atoms with Gasteiger partial charge in [-0.05, 0) is 97.5 Å². The summed E-state index contributed by atoms with van der Waals surface area (Å²) in [4.78, 5) is 33.9. The molecule has 0 fully saturated rings. The maximum absolute atomic E-state index is 12.5. The Hall–Kier alpha value is -4.71. The normalized spacial score (nSPS) is 10.4. The summed E-state index contributed by atoms with van der Waals surface area (Å²) in [5.41, 5.74) is 2.94. The molecule has 3 rings (SSSR count). The summed E-state index contributed by atoms with van der Waals surface area (Å²) >= 11 is 0. The van der Waals surface area contributed by atoms with Crippen molar-refractivity contribution in [2.45, 2.75) is 131 Å². The number of benzene rings is 3. The number of carbonyl (C=O) groups excluding carboxylic acids is 3. The largest absolute Gasteiger partial charge is 0.493 e. The Balaban J connectivity index is 0.00000131. The van der Waals surface area contributed by atoms with Gasteiger partial charge in [-0.25, -0.2) is 4.79 Å². The number of Topliss-reactive ketones (excluding diaryl/α,β-unsaturated/α-hetero) is 1. The second-order valence-electron chi connectivity index (χ2n) is 13.8. The van der Waals surface area contributed by atoms with Crippen molar-refractivity contribution in [1.29, 1.82) is 0 Å². The molecule has 0 aromatic heterocycles. The van der Waals surface area contributed by atoms with Crippen LogP contribution in [-0.2, 0) is 4.79 Å². The van der Waals surface area contributed by atoms with Crippen molar-refractivity contribution >= 4 is 17.5 Å². The molecule has 1 unspecified atom stereocenters. The molecule has 0 aliphatic heterocycles. The van der Waals surface area contributed by atoms with E-state index >= 15 is 0 Å². The summed E-state index contributed by atoms with van der Waals surface area (Å²) in [6, 6.07) is 19.6.